The maximum Gasteiger partial charge on any atom is 0.249 e. The Morgan fingerprint density at radius 3 is 1.44 bits per heavy atom. The van der Waals surface area contributed by atoms with Crippen LogP contribution < -0.4 is 0 Å². The van der Waals surface area contributed by atoms with Gasteiger partial charge in [0.15, 0.2) is 4.33 Å². The van der Waals surface area contributed by atoms with Crippen molar-refractivity contribution in [2.75, 3.05) is 5.88 Å². The third-order valence-corrected chi connectivity index (χ3v) is 3.13. The highest BCUT2D eigenvalue weighted by molar-refractivity contribution is 6.63. The van der Waals surface area contributed by atoms with E-state index >= 15 is 0 Å². The molecule has 0 aromatic rings. The van der Waals surface area contributed by atoms with Gasteiger partial charge in [0.05, 0.1) is 5.88 Å². The summed E-state index contributed by atoms with van der Waals surface area (Å²) < 4.78 is -3.93. The fourth-order valence-corrected chi connectivity index (χ4v) is 0.544. The molecule has 0 saturated carbocycles. The van der Waals surface area contributed by atoms with Crippen molar-refractivity contribution >= 4 is 58.0 Å². The Morgan fingerprint density at radius 2 is 1.44 bits per heavy atom. The van der Waals surface area contributed by atoms with Crippen LogP contribution in [-0.4, -0.2) is 19.8 Å². The normalized spacial score (nSPS) is 14.0. The lowest BCUT2D eigenvalue weighted by Crippen LogP contribution is -2.37. The lowest BCUT2D eigenvalue weighted by molar-refractivity contribution is 0.202. The lowest BCUT2D eigenvalue weighted by atomic mass is 10.5. The fourth-order valence-electron chi connectivity index (χ4n) is 0.0804. The Bertz CT molecular complexity index is 94.9. The summed E-state index contributed by atoms with van der Waals surface area (Å²) in [4.78, 5) is 0. The Labute approximate surface area is 77.8 Å². The second-order valence-corrected chi connectivity index (χ2v) is 4.42. The second kappa shape index (κ2) is 3.21. The summed E-state index contributed by atoms with van der Waals surface area (Å²) in [5, 5.41) is 8.73. The Morgan fingerprint density at radius 1 is 1.11 bits per heavy atom. The van der Waals surface area contributed by atoms with E-state index in [-0.39, 0.29) is 5.88 Å². The molecule has 0 amide bonds. The zero-order valence-electron chi connectivity index (χ0n) is 4.04. The molecule has 0 radical (unpaired) electrons. The molecule has 1 N–H and O–H groups in total. The van der Waals surface area contributed by atoms with Crippen LogP contribution >= 0.6 is 58.0 Å². The minimum absolute atomic E-state index is 0.250. The van der Waals surface area contributed by atoms with Crippen LogP contribution in [0.15, 0.2) is 0 Å². The topological polar surface area (TPSA) is 20.2 Å². The van der Waals surface area contributed by atoms with Crippen LogP contribution in [0.1, 0.15) is 0 Å². The molecule has 0 heterocycles. The summed E-state index contributed by atoms with van der Waals surface area (Å²) in [6, 6.07) is 0. The van der Waals surface area contributed by atoms with Crippen LogP contribution in [0.5, 0.6) is 0 Å². The van der Waals surface area contributed by atoms with E-state index in [9.17, 15) is 0 Å². The van der Waals surface area contributed by atoms with Crippen LogP contribution in [0.4, 0.5) is 0 Å². The Balaban J connectivity index is 4.14. The fraction of sp³-hybridized carbons (Fsp3) is 1.00. The van der Waals surface area contributed by atoms with Crippen LogP contribution in [0.2, 0.25) is 0 Å². The summed E-state index contributed by atoms with van der Waals surface area (Å²) in [5.41, 5.74) is 0. The molecular weight excluding hydrogens is 229 g/mol. The van der Waals surface area contributed by atoms with E-state index in [0.29, 0.717) is 0 Å². The smallest absolute Gasteiger partial charge is 0.249 e. The van der Waals surface area contributed by atoms with Gasteiger partial charge < -0.3 is 5.11 Å². The molecule has 0 bridgehead atoms. The standard InChI is InChI=1S/C3H3Cl5O/c4-1-2(5,6)3(7,8)9/h9H,1H2. The van der Waals surface area contributed by atoms with Gasteiger partial charge >= 0.3 is 0 Å². The van der Waals surface area contributed by atoms with Crippen molar-refractivity contribution in [3.63, 3.8) is 0 Å². The monoisotopic (exact) mass is 230 g/mol. The second-order valence-electron chi connectivity index (χ2n) is 1.38. The zero-order valence-corrected chi connectivity index (χ0v) is 7.82. The number of rotatable bonds is 2. The zero-order chi connectivity index (χ0) is 7.71. The van der Waals surface area contributed by atoms with Gasteiger partial charge in [0, 0.05) is 0 Å². The summed E-state index contributed by atoms with van der Waals surface area (Å²) in [7, 11) is 0. The van der Waals surface area contributed by atoms with E-state index in [2.05, 4.69) is 0 Å². The average molecular weight is 232 g/mol. The molecule has 6 heteroatoms. The van der Waals surface area contributed by atoms with Gasteiger partial charge in [0.25, 0.3) is 0 Å². The lowest BCUT2D eigenvalue weighted by Gasteiger charge is -2.24. The van der Waals surface area contributed by atoms with E-state index in [1.54, 1.807) is 0 Å². The number of hydrogen-bond donors (Lipinski definition) is 1. The molecule has 1 nitrogen and oxygen atoms in total. The minimum Gasteiger partial charge on any atom is -0.360 e. The van der Waals surface area contributed by atoms with Crippen molar-refractivity contribution in [1.82, 2.24) is 0 Å². The summed E-state index contributed by atoms with van der Waals surface area (Å²) >= 11 is 26.0. The van der Waals surface area contributed by atoms with E-state index in [1.807, 2.05) is 0 Å². The quantitative estimate of drug-likeness (QED) is 0.725. The molecule has 0 aromatic heterocycles. The van der Waals surface area contributed by atoms with Crippen molar-refractivity contribution in [3.8, 4) is 0 Å². The van der Waals surface area contributed by atoms with Gasteiger partial charge in [0.1, 0.15) is 0 Å². The van der Waals surface area contributed by atoms with Crippen molar-refractivity contribution in [3.05, 3.63) is 0 Å². The molecule has 0 fully saturated rings. The van der Waals surface area contributed by atoms with Gasteiger partial charge in [-0.3, -0.25) is 0 Å². The first-order valence-electron chi connectivity index (χ1n) is 1.85. The van der Waals surface area contributed by atoms with E-state index in [1.165, 1.54) is 0 Å². The highest BCUT2D eigenvalue weighted by Crippen LogP contribution is 2.40. The van der Waals surface area contributed by atoms with Crippen molar-refractivity contribution in [1.29, 1.82) is 0 Å². The highest BCUT2D eigenvalue weighted by Gasteiger charge is 2.45. The molecule has 0 unspecified atom stereocenters. The largest absolute Gasteiger partial charge is 0.360 e. The summed E-state index contributed by atoms with van der Waals surface area (Å²) in [6.45, 7) is 0. The van der Waals surface area contributed by atoms with Crippen molar-refractivity contribution in [2.45, 2.75) is 8.85 Å². The third-order valence-electron chi connectivity index (χ3n) is 0.608. The predicted octanol–water partition coefficient (Wildman–Crippen LogP) is 2.52. The molecule has 0 aromatic carbocycles. The van der Waals surface area contributed by atoms with Gasteiger partial charge in [-0.2, -0.15) is 0 Å². The molecule has 0 aliphatic carbocycles. The molecule has 0 atom stereocenters. The molecule has 0 saturated heterocycles. The SMILES string of the molecule is OC(Cl)(Cl)C(Cl)(Cl)CCl. The molecule has 9 heavy (non-hydrogen) atoms. The van der Waals surface area contributed by atoms with E-state index < -0.39 is 8.85 Å². The molecule has 0 rings (SSSR count). The van der Waals surface area contributed by atoms with Gasteiger partial charge in [-0.25, -0.2) is 0 Å². The number of hydrogen-bond acceptors (Lipinski definition) is 1. The third kappa shape index (κ3) is 2.87. The van der Waals surface area contributed by atoms with E-state index in [0.717, 1.165) is 0 Å². The van der Waals surface area contributed by atoms with Gasteiger partial charge in [-0.05, 0) is 0 Å². The minimum atomic E-state index is -2.21. The molecule has 56 valence electrons. The van der Waals surface area contributed by atoms with Gasteiger partial charge in [-0.15, -0.1) is 11.6 Å². The predicted molar refractivity (Wildman–Crippen MR) is 41.8 cm³/mol. The summed E-state index contributed by atoms with van der Waals surface area (Å²) in [5.74, 6) is -0.250. The van der Waals surface area contributed by atoms with Crippen molar-refractivity contribution in [2.24, 2.45) is 0 Å². The first kappa shape index (κ1) is 10.4. The number of alkyl halides is 5. The van der Waals surface area contributed by atoms with E-state index in [4.69, 9.17) is 63.1 Å². The first-order valence-corrected chi connectivity index (χ1v) is 3.90. The molecule has 0 aliphatic rings. The average Bonchev–Trinajstić information content (AvgIpc) is 1.64. The maximum atomic E-state index is 8.73. The van der Waals surface area contributed by atoms with Gasteiger partial charge in [0.2, 0.25) is 4.52 Å². The molecular formula is C3H3Cl5O. The Kier molecular flexibility index (Phi) is 3.71. The molecule has 0 spiro atoms. The van der Waals surface area contributed by atoms with Crippen molar-refractivity contribution < 1.29 is 5.11 Å². The first-order chi connectivity index (χ1) is 3.81. The maximum absolute atomic E-state index is 8.73. The van der Waals surface area contributed by atoms with Gasteiger partial charge in [-0.1, -0.05) is 46.4 Å². The van der Waals surface area contributed by atoms with Crippen LogP contribution in [-0.2, 0) is 0 Å². The summed E-state index contributed by atoms with van der Waals surface area (Å²) in [6.07, 6.45) is 0. The van der Waals surface area contributed by atoms with Crippen LogP contribution in [0, 0.1) is 0 Å². The number of aliphatic hydroxyl groups is 1. The molecule has 0 aliphatic heterocycles. The Hall–Kier alpha value is 1.41. The highest BCUT2D eigenvalue weighted by atomic mass is 35.5. The number of halogens is 5. The van der Waals surface area contributed by atoms with Crippen LogP contribution in [0.3, 0.4) is 0 Å². The van der Waals surface area contributed by atoms with Crippen LogP contribution in [0.25, 0.3) is 0 Å².